The first-order valence-electron chi connectivity index (χ1n) is 8.39. The first-order chi connectivity index (χ1) is 12.4. The van der Waals surface area contributed by atoms with Crippen molar-refractivity contribution < 1.29 is 13.9 Å². The zero-order valence-corrected chi connectivity index (χ0v) is 15.2. The second-order valence-corrected chi connectivity index (χ2v) is 6.08. The lowest BCUT2D eigenvalue weighted by Gasteiger charge is -2.26. The van der Waals surface area contributed by atoms with E-state index in [-0.39, 0.29) is 12.4 Å². The Balaban J connectivity index is 2.15. The molecule has 26 heavy (non-hydrogen) atoms. The highest BCUT2D eigenvalue weighted by Gasteiger charge is 2.32. The van der Waals surface area contributed by atoms with Crippen LogP contribution in [-0.2, 0) is 16.6 Å². The molecule has 6 nitrogen and oxygen atoms in total. The molecule has 0 saturated heterocycles. The Bertz CT molecular complexity index is 914. The predicted molar refractivity (Wildman–Crippen MR) is 96.1 cm³/mol. The van der Waals surface area contributed by atoms with E-state index < -0.39 is 12.0 Å². The Kier molecular flexibility index (Phi) is 4.88. The predicted octanol–water partition coefficient (Wildman–Crippen LogP) is 2.80. The number of aryl methyl sites for hydroxylation is 1. The lowest BCUT2D eigenvalue weighted by Crippen LogP contribution is -2.34. The van der Waals surface area contributed by atoms with Gasteiger partial charge in [-0.1, -0.05) is 12.1 Å². The maximum atomic E-state index is 14.1. The van der Waals surface area contributed by atoms with E-state index in [1.807, 2.05) is 17.8 Å². The molecule has 7 heteroatoms. The van der Waals surface area contributed by atoms with Crippen molar-refractivity contribution in [2.75, 3.05) is 6.61 Å². The molecule has 0 fully saturated rings. The quantitative estimate of drug-likeness (QED) is 0.856. The van der Waals surface area contributed by atoms with Crippen molar-refractivity contribution in [3.05, 3.63) is 64.6 Å². The Morgan fingerprint density at radius 2 is 2.15 bits per heavy atom. The van der Waals surface area contributed by atoms with E-state index in [0.29, 0.717) is 34.1 Å². The summed E-state index contributed by atoms with van der Waals surface area (Å²) >= 11 is 0. The summed E-state index contributed by atoms with van der Waals surface area (Å²) in [6, 6.07) is 4.12. The number of esters is 1. The van der Waals surface area contributed by atoms with Gasteiger partial charge in [0.25, 0.3) is 0 Å². The molecule has 1 unspecified atom stereocenters. The third-order valence-electron chi connectivity index (χ3n) is 4.37. The second kappa shape index (κ2) is 7.11. The first kappa shape index (κ1) is 17.8. The number of aromatic nitrogens is 2. The number of aliphatic imine (C=N–C) groups is 1. The molecule has 0 aliphatic carbocycles. The minimum Gasteiger partial charge on any atom is -0.463 e. The van der Waals surface area contributed by atoms with Crippen LogP contribution in [0.15, 0.2) is 46.9 Å². The van der Waals surface area contributed by atoms with Crippen LogP contribution in [0, 0.1) is 12.7 Å². The van der Waals surface area contributed by atoms with E-state index in [2.05, 4.69) is 15.3 Å². The molecule has 1 aromatic heterocycles. The molecule has 1 aliphatic rings. The molecule has 136 valence electrons. The van der Waals surface area contributed by atoms with Gasteiger partial charge >= 0.3 is 5.97 Å². The number of ether oxygens (including phenoxy) is 1. The van der Waals surface area contributed by atoms with Crippen LogP contribution >= 0.6 is 0 Å². The van der Waals surface area contributed by atoms with Crippen molar-refractivity contribution in [1.29, 1.82) is 0 Å². The number of nitrogens with zero attached hydrogens (tertiary/aromatic N) is 3. The molecule has 0 radical (unpaired) electrons. The standard InChI is InChI=1S/C19H21FN4O2/c1-5-26-19(25)15-12(3)22-17(18-21-9-10-24(18)4)23-16(15)13-7-6-8-14(20)11(13)2/h6-10,16H,5H2,1-4H3,(H,22,23). The highest BCUT2D eigenvalue weighted by molar-refractivity contribution is 6.01. The smallest absolute Gasteiger partial charge is 0.338 e. The normalized spacial score (nSPS) is 17.0. The minimum absolute atomic E-state index is 0.250. The van der Waals surface area contributed by atoms with Gasteiger partial charge in [0.1, 0.15) is 11.9 Å². The fourth-order valence-corrected chi connectivity index (χ4v) is 3.00. The summed E-state index contributed by atoms with van der Waals surface area (Å²) in [5.74, 6) is 0.354. The molecule has 0 amide bonds. The van der Waals surface area contributed by atoms with Gasteiger partial charge in [0.2, 0.25) is 0 Å². The van der Waals surface area contributed by atoms with Crippen LogP contribution < -0.4 is 5.32 Å². The monoisotopic (exact) mass is 356 g/mol. The number of carbonyl (C=O) groups excluding carboxylic acids is 1. The van der Waals surface area contributed by atoms with Crippen LogP contribution in [0.1, 0.15) is 36.8 Å². The van der Waals surface area contributed by atoms with Crippen molar-refractivity contribution in [2.24, 2.45) is 12.0 Å². The van der Waals surface area contributed by atoms with Crippen LogP contribution in [0.4, 0.5) is 4.39 Å². The zero-order valence-electron chi connectivity index (χ0n) is 15.2. The number of amidine groups is 1. The third-order valence-corrected chi connectivity index (χ3v) is 4.37. The molecule has 2 heterocycles. The molecule has 0 bridgehead atoms. The number of halogens is 1. The average Bonchev–Trinajstić information content (AvgIpc) is 3.03. The minimum atomic E-state index is -0.669. The molecule has 3 rings (SSSR count). The fourth-order valence-electron chi connectivity index (χ4n) is 3.00. The van der Waals surface area contributed by atoms with Crippen molar-refractivity contribution in [1.82, 2.24) is 14.9 Å². The summed E-state index contributed by atoms with van der Waals surface area (Å²) < 4.78 is 21.2. The topological polar surface area (TPSA) is 68.5 Å². The van der Waals surface area contributed by atoms with Gasteiger partial charge < -0.3 is 14.6 Å². The lowest BCUT2D eigenvalue weighted by atomic mass is 9.92. The number of nitrogens with one attached hydrogen (secondary N) is 1. The van der Waals surface area contributed by atoms with Gasteiger partial charge in [-0.25, -0.2) is 14.2 Å². The summed E-state index contributed by atoms with van der Waals surface area (Å²) in [4.78, 5) is 21.5. The van der Waals surface area contributed by atoms with Gasteiger partial charge in [-0.2, -0.15) is 0 Å². The van der Waals surface area contributed by atoms with Gasteiger partial charge in [0, 0.05) is 25.1 Å². The maximum absolute atomic E-state index is 14.1. The molecule has 1 aromatic carbocycles. The number of hydrogen-bond donors (Lipinski definition) is 1. The van der Waals surface area contributed by atoms with E-state index in [0.717, 1.165) is 0 Å². The second-order valence-electron chi connectivity index (χ2n) is 6.08. The fraction of sp³-hybridized carbons (Fsp3) is 0.316. The van der Waals surface area contributed by atoms with E-state index >= 15 is 0 Å². The highest BCUT2D eigenvalue weighted by Crippen LogP contribution is 2.34. The number of rotatable bonds is 4. The maximum Gasteiger partial charge on any atom is 0.338 e. The van der Waals surface area contributed by atoms with E-state index in [4.69, 9.17) is 4.74 Å². The third kappa shape index (κ3) is 3.12. The molecular weight excluding hydrogens is 335 g/mol. The molecule has 1 aliphatic heterocycles. The Hall–Kier alpha value is -2.96. The van der Waals surface area contributed by atoms with Crippen LogP contribution in [-0.4, -0.2) is 28.0 Å². The van der Waals surface area contributed by atoms with Crippen molar-refractivity contribution in [3.63, 3.8) is 0 Å². The van der Waals surface area contributed by atoms with E-state index in [9.17, 15) is 9.18 Å². The Morgan fingerprint density at radius 3 is 2.81 bits per heavy atom. The van der Waals surface area contributed by atoms with Crippen LogP contribution in [0.25, 0.3) is 0 Å². The molecule has 1 N–H and O–H groups in total. The van der Waals surface area contributed by atoms with Gasteiger partial charge in [-0.3, -0.25) is 4.99 Å². The molecule has 2 aromatic rings. The van der Waals surface area contributed by atoms with Crippen LogP contribution in [0.5, 0.6) is 0 Å². The number of benzene rings is 1. The number of hydrogen-bond acceptors (Lipinski definition) is 5. The summed E-state index contributed by atoms with van der Waals surface area (Å²) in [7, 11) is 1.86. The zero-order chi connectivity index (χ0) is 18.8. The van der Waals surface area contributed by atoms with Gasteiger partial charge in [0.05, 0.1) is 12.2 Å². The number of carbonyl (C=O) groups is 1. The van der Waals surface area contributed by atoms with Crippen molar-refractivity contribution in [2.45, 2.75) is 26.8 Å². The summed E-state index contributed by atoms with van der Waals surface area (Å²) in [5.41, 5.74) is 2.07. The summed E-state index contributed by atoms with van der Waals surface area (Å²) in [5, 5.41) is 3.13. The number of imidazole rings is 1. The molecule has 0 saturated carbocycles. The lowest BCUT2D eigenvalue weighted by molar-refractivity contribution is -0.138. The van der Waals surface area contributed by atoms with Gasteiger partial charge in [-0.15, -0.1) is 0 Å². The van der Waals surface area contributed by atoms with Crippen LogP contribution in [0.2, 0.25) is 0 Å². The Morgan fingerprint density at radius 1 is 1.38 bits per heavy atom. The Labute approximate surface area is 151 Å². The number of allylic oxidation sites excluding steroid dienone is 1. The van der Waals surface area contributed by atoms with Crippen molar-refractivity contribution in [3.8, 4) is 0 Å². The highest BCUT2D eigenvalue weighted by atomic mass is 19.1. The van der Waals surface area contributed by atoms with Crippen molar-refractivity contribution >= 4 is 11.8 Å². The molecule has 1 atom stereocenters. The summed E-state index contributed by atoms with van der Waals surface area (Å²) in [6.07, 6.45) is 3.48. The van der Waals surface area contributed by atoms with E-state index in [1.54, 1.807) is 39.1 Å². The van der Waals surface area contributed by atoms with Crippen LogP contribution in [0.3, 0.4) is 0 Å². The van der Waals surface area contributed by atoms with E-state index in [1.165, 1.54) is 6.07 Å². The SMILES string of the molecule is CCOC(=O)C1=C(C)NC(c2nccn2C)=NC1c1cccc(F)c1C. The first-order valence-corrected chi connectivity index (χ1v) is 8.39. The summed E-state index contributed by atoms with van der Waals surface area (Å²) in [6.45, 7) is 5.46. The largest absolute Gasteiger partial charge is 0.463 e. The average molecular weight is 356 g/mol. The molecule has 0 spiro atoms. The molecular formula is C19H21FN4O2. The van der Waals surface area contributed by atoms with Gasteiger partial charge in [-0.05, 0) is 38.0 Å². The van der Waals surface area contributed by atoms with Gasteiger partial charge in [0.15, 0.2) is 11.7 Å².